The maximum atomic E-state index is 13.1. The molecule has 0 radical (unpaired) electrons. The van der Waals surface area contributed by atoms with Crippen molar-refractivity contribution >= 4 is 23.4 Å². The van der Waals surface area contributed by atoms with Crippen LogP contribution < -0.4 is 11.1 Å². The normalized spacial score (nSPS) is 19.8. The molecule has 0 aliphatic carbocycles. The molecule has 0 aromatic heterocycles. The third-order valence-electron chi connectivity index (χ3n) is 2.51. The second kappa shape index (κ2) is 4.74. The smallest absolute Gasteiger partial charge is 0.220 e. The molecule has 2 rings (SSSR count). The van der Waals surface area contributed by atoms with E-state index < -0.39 is 0 Å². The van der Waals surface area contributed by atoms with E-state index in [0.717, 1.165) is 17.1 Å². The molecule has 1 unspecified atom stereocenters. The van der Waals surface area contributed by atoms with Gasteiger partial charge < -0.3 is 11.1 Å². The first-order valence-electron chi connectivity index (χ1n) is 5.12. The summed E-state index contributed by atoms with van der Waals surface area (Å²) < 4.78 is 13.1. The number of nitrogens with two attached hydrogens (primary N) is 1. The fraction of sp³-hybridized carbons (Fsp3) is 0.364. The van der Waals surface area contributed by atoms with Gasteiger partial charge in [-0.2, -0.15) is 0 Å². The third-order valence-corrected chi connectivity index (χ3v) is 3.66. The molecule has 1 amide bonds. The Labute approximate surface area is 97.6 Å². The van der Waals surface area contributed by atoms with Gasteiger partial charge in [-0.05, 0) is 24.6 Å². The Morgan fingerprint density at radius 3 is 3.00 bits per heavy atom. The van der Waals surface area contributed by atoms with E-state index in [2.05, 4.69) is 5.32 Å². The lowest BCUT2D eigenvalue weighted by Gasteiger charge is -2.09. The van der Waals surface area contributed by atoms with Crippen LogP contribution in [-0.4, -0.2) is 17.7 Å². The van der Waals surface area contributed by atoms with Gasteiger partial charge >= 0.3 is 0 Å². The number of nitrogens with one attached hydrogen (secondary N) is 1. The summed E-state index contributed by atoms with van der Waals surface area (Å²) in [7, 11) is 0. The zero-order chi connectivity index (χ0) is 11.5. The number of anilines is 1. The molecule has 3 N–H and O–H groups in total. The summed E-state index contributed by atoms with van der Waals surface area (Å²) in [5.41, 5.74) is 5.55. The summed E-state index contributed by atoms with van der Waals surface area (Å²) >= 11 is 1.53. The van der Waals surface area contributed by atoms with Crippen molar-refractivity contribution in [3.8, 4) is 0 Å². The first-order valence-corrected chi connectivity index (χ1v) is 6.11. The Morgan fingerprint density at radius 1 is 1.56 bits per heavy atom. The number of rotatable bonds is 3. The van der Waals surface area contributed by atoms with Crippen LogP contribution in [0.4, 0.5) is 10.1 Å². The average molecular weight is 240 g/mol. The van der Waals surface area contributed by atoms with Crippen molar-refractivity contribution < 1.29 is 9.18 Å². The van der Waals surface area contributed by atoms with Crippen molar-refractivity contribution in [1.82, 2.24) is 5.32 Å². The van der Waals surface area contributed by atoms with Gasteiger partial charge in [0.2, 0.25) is 5.91 Å². The molecule has 1 aromatic carbocycles. The van der Waals surface area contributed by atoms with Crippen molar-refractivity contribution in [2.24, 2.45) is 0 Å². The maximum absolute atomic E-state index is 13.1. The Bertz CT molecular complexity index is 411. The van der Waals surface area contributed by atoms with Crippen LogP contribution in [0, 0.1) is 5.82 Å². The fourth-order valence-electron chi connectivity index (χ4n) is 1.60. The van der Waals surface area contributed by atoms with E-state index in [1.54, 1.807) is 12.1 Å². The summed E-state index contributed by atoms with van der Waals surface area (Å²) in [5, 5.41) is 2.87. The second-order valence-electron chi connectivity index (χ2n) is 3.80. The molecular formula is C11H13FN2OS. The quantitative estimate of drug-likeness (QED) is 0.625. The number of thioether (sulfide) groups is 1. The van der Waals surface area contributed by atoms with Crippen LogP contribution in [-0.2, 0) is 4.79 Å². The van der Waals surface area contributed by atoms with E-state index in [1.807, 2.05) is 0 Å². The number of benzene rings is 1. The highest BCUT2D eigenvalue weighted by Crippen LogP contribution is 2.24. The van der Waals surface area contributed by atoms with Crippen molar-refractivity contribution in [3.05, 3.63) is 24.0 Å². The molecule has 1 atom stereocenters. The van der Waals surface area contributed by atoms with Crippen LogP contribution in [0.1, 0.15) is 12.8 Å². The molecule has 1 fully saturated rings. The largest absolute Gasteiger partial charge is 0.396 e. The molecule has 1 aromatic rings. The van der Waals surface area contributed by atoms with E-state index in [9.17, 15) is 9.18 Å². The minimum absolute atomic E-state index is 0.106. The minimum atomic E-state index is -0.388. The molecule has 0 bridgehead atoms. The van der Waals surface area contributed by atoms with E-state index in [1.165, 1.54) is 17.8 Å². The van der Waals surface area contributed by atoms with Crippen LogP contribution in [0.25, 0.3) is 0 Å². The molecule has 0 spiro atoms. The number of nitrogen functional groups attached to an aromatic ring is 1. The van der Waals surface area contributed by atoms with Gasteiger partial charge in [0.1, 0.15) is 5.82 Å². The van der Waals surface area contributed by atoms with Crippen molar-refractivity contribution in [3.63, 3.8) is 0 Å². The molecule has 1 aliphatic rings. The van der Waals surface area contributed by atoms with Gasteiger partial charge in [0.15, 0.2) is 0 Å². The highest BCUT2D eigenvalue weighted by Gasteiger charge is 2.20. The molecule has 1 heterocycles. The van der Waals surface area contributed by atoms with E-state index in [0.29, 0.717) is 6.42 Å². The monoisotopic (exact) mass is 240 g/mol. The Morgan fingerprint density at radius 2 is 2.38 bits per heavy atom. The Balaban J connectivity index is 1.89. The third kappa shape index (κ3) is 2.66. The van der Waals surface area contributed by atoms with E-state index >= 15 is 0 Å². The number of halogens is 1. The molecular weight excluding hydrogens is 227 g/mol. The molecule has 3 nitrogen and oxygen atoms in total. The van der Waals surface area contributed by atoms with Crippen molar-refractivity contribution in [1.29, 1.82) is 0 Å². The Hall–Kier alpha value is -1.23. The standard InChI is InChI=1S/C11H13FN2OS/c12-9-5-8(2-3-10(9)13)16-6-7-1-4-11(15)14-7/h2-3,5,7H,1,4,6,13H2,(H,14,15). The summed E-state index contributed by atoms with van der Waals surface area (Å²) in [4.78, 5) is 11.8. The number of carbonyl (C=O) groups is 1. The van der Waals surface area contributed by atoms with Crippen molar-refractivity contribution in [2.45, 2.75) is 23.8 Å². The molecule has 5 heteroatoms. The average Bonchev–Trinajstić information content (AvgIpc) is 2.66. The minimum Gasteiger partial charge on any atom is -0.396 e. The first-order chi connectivity index (χ1) is 7.65. The lowest BCUT2D eigenvalue weighted by molar-refractivity contribution is -0.119. The first kappa shape index (κ1) is 11.3. The zero-order valence-corrected chi connectivity index (χ0v) is 9.52. The van der Waals surface area contributed by atoms with E-state index in [4.69, 9.17) is 5.73 Å². The lowest BCUT2D eigenvalue weighted by Crippen LogP contribution is -2.27. The number of amides is 1. The summed E-state index contributed by atoms with van der Waals surface area (Å²) in [6.45, 7) is 0. The van der Waals surface area contributed by atoms with Crippen LogP contribution in [0.2, 0.25) is 0 Å². The summed E-state index contributed by atoms with van der Waals surface area (Å²) in [5.74, 6) is 0.490. The predicted octanol–water partition coefficient (Wildman–Crippen LogP) is 1.78. The van der Waals surface area contributed by atoms with Crippen LogP contribution in [0.5, 0.6) is 0 Å². The highest BCUT2D eigenvalue weighted by molar-refractivity contribution is 7.99. The predicted molar refractivity (Wildman–Crippen MR) is 62.7 cm³/mol. The molecule has 1 aliphatic heterocycles. The summed E-state index contributed by atoms with van der Waals surface area (Å²) in [6.07, 6.45) is 1.46. The second-order valence-corrected chi connectivity index (χ2v) is 4.89. The van der Waals surface area contributed by atoms with Gasteiger partial charge in [0.05, 0.1) is 5.69 Å². The topological polar surface area (TPSA) is 55.1 Å². The van der Waals surface area contributed by atoms with Gasteiger partial charge in [-0.25, -0.2) is 4.39 Å². The van der Waals surface area contributed by atoms with Crippen LogP contribution in [0.15, 0.2) is 23.1 Å². The summed E-state index contributed by atoms with van der Waals surface area (Å²) in [6, 6.07) is 4.99. The Kier molecular flexibility index (Phi) is 3.33. The van der Waals surface area contributed by atoms with Gasteiger partial charge in [-0.3, -0.25) is 4.79 Å². The molecule has 16 heavy (non-hydrogen) atoms. The highest BCUT2D eigenvalue weighted by atomic mass is 32.2. The molecule has 86 valence electrons. The fourth-order valence-corrected chi connectivity index (χ4v) is 2.59. The SMILES string of the molecule is Nc1ccc(SCC2CCC(=O)N2)cc1F. The molecule has 1 saturated heterocycles. The van der Waals surface area contributed by atoms with Gasteiger partial charge in [0, 0.05) is 23.1 Å². The van der Waals surface area contributed by atoms with Gasteiger partial charge in [0.25, 0.3) is 0 Å². The lowest BCUT2D eigenvalue weighted by atomic mass is 10.2. The van der Waals surface area contributed by atoms with Gasteiger partial charge in [-0.15, -0.1) is 11.8 Å². The van der Waals surface area contributed by atoms with Crippen LogP contribution >= 0.6 is 11.8 Å². The van der Waals surface area contributed by atoms with E-state index in [-0.39, 0.29) is 23.5 Å². The van der Waals surface area contributed by atoms with Crippen molar-refractivity contribution in [2.75, 3.05) is 11.5 Å². The van der Waals surface area contributed by atoms with Gasteiger partial charge in [-0.1, -0.05) is 0 Å². The maximum Gasteiger partial charge on any atom is 0.220 e. The number of hydrogen-bond acceptors (Lipinski definition) is 3. The van der Waals surface area contributed by atoms with Crippen LogP contribution in [0.3, 0.4) is 0 Å². The number of carbonyl (C=O) groups excluding carboxylic acids is 1. The molecule has 0 saturated carbocycles. The number of hydrogen-bond donors (Lipinski definition) is 2. The zero-order valence-electron chi connectivity index (χ0n) is 8.70.